The molecule has 312 valence electrons. The standard InChI is InChI=1S/C27H26P2.2C16H9.2Au/c1-27(2,28(23-15-7-3-8-16-23)24-17-9-4-10-18-24)29(25-19-11-5-12-20-25)26-21-13-6-14-22-26;2*1-2-12-7-8-15-10-13-5-3-4-6-14(13)11-16(15)9-12;;/h3-22H,1-2H3;2*3-11H;;/q;2*-1;2*+1/p+2. The zero-order chi connectivity index (χ0) is 42.0. The summed E-state index contributed by atoms with van der Waals surface area (Å²) in [6.45, 7) is 5.02. The van der Waals surface area contributed by atoms with Crippen molar-refractivity contribution in [2.75, 3.05) is 0 Å². The second-order valence-electron chi connectivity index (χ2n) is 15.6. The predicted molar refractivity (Wildman–Crippen MR) is 270 cm³/mol. The molecule has 0 N–H and O–H groups in total. The van der Waals surface area contributed by atoms with E-state index < -0.39 is 15.8 Å². The van der Waals surface area contributed by atoms with Gasteiger partial charge in [0.2, 0.25) is 0 Å². The maximum absolute atomic E-state index is 7.13. The molecule has 0 unspecified atom stereocenters. The minimum atomic E-state index is -1.02. The molecule has 63 heavy (non-hydrogen) atoms. The number of fused-ring (bicyclic) bond motifs is 4. The number of hydrogen-bond acceptors (Lipinski definition) is 0. The largest absolute Gasteiger partial charge is 1.00 e. The molecule has 0 aliphatic carbocycles. The molecular formula is C59H46Au2P2+2. The summed E-state index contributed by atoms with van der Waals surface area (Å²) in [6.07, 6.45) is 14.3. The predicted octanol–water partition coefficient (Wildman–Crippen LogP) is 13.3. The van der Waals surface area contributed by atoms with Crippen LogP contribution in [0.3, 0.4) is 0 Å². The van der Waals surface area contributed by atoms with Gasteiger partial charge in [-0.1, -0.05) is 133 Å². The van der Waals surface area contributed by atoms with Gasteiger partial charge in [-0.25, -0.2) is 0 Å². The Morgan fingerprint density at radius 1 is 0.302 bits per heavy atom. The molecule has 0 nitrogen and oxygen atoms in total. The monoisotopic (exact) mass is 1210 g/mol. The summed E-state index contributed by atoms with van der Waals surface area (Å²) >= 11 is 0. The smallest absolute Gasteiger partial charge is 0.366 e. The first-order valence-electron chi connectivity index (χ1n) is 20.6. The Hall–Kier alpha value is -5.30. The molecule has 10 rings (SSSR count). The summed E-state index contributed by atoms with van der Waals surface area (Å²) in [6, 6.07) is 81.9. The van der Waals surface area contributed by atoms with Crippen LogP contribution in [0.2, 0.25) is 0 Å². The molecule has 0 spiro atoms. The zero-order valence-corrected chi connectivity index (χ0v) is 41.4. The van der Waals surface area contributed by atoms with Gasteiger partial charge in [-0.3, -0.25) is 11.8 Å². The minimum Gasteiger partial charge on any atom is -0.366 e. The summed E-state index contributed by atoms with van der Waals surface area (Å²) in [4.78, 5) is 0.154. The van der Waals surface area contributed by atoms with E-state index in [1.165, 1.54) is 53.5 Å². The molecule has 10 aromatic carbocycles. The molecule has 0 radical (unpaired) electrons. The fourth-order valence-electron chi connectivity index (χ4n) is 8.36. The molecule has 10 aromatic rings. The average Bonchev–Trinajstić information content (AvgIpc) is 3.31. The molecule has 0 fully saturated rings. The van der Waals surface area contributed by atoms with Crippen LogP contribution in [0.1, 0.15) is 25.0 Å². The quantitative estimate of drug-likeness (QED) is 0.0512. The van der Waals surface area contributed by atoms with Crippen molar-refractivity contribution in [2.45, 2.75) is 18.7 Å². The fraction of sp³-hybridized carbons (Fsp3) is 0.0508. The van der Waals surface area contributed by atoms with Crippen LogP contribution in [0.4, 0.5) is 0 Å². The zero-order valence-electron chi connectivity index (χ0n) is 35.0. The first-order valence-corrected chi connectivity index (χ1v) is 23.6. The molecule has 0 atom stereocenters. The first-order chi connectivity index (χ1) is 29.9. The molecule has 0 aliphatic rings. The number of benzene rings is 10. The Morgan fingerprint density at radius 3 is 0.810 bits per heavy atom. The summed E-state index contributed by atoms with van der Waals surface area (Å²) in [7, 11) is -2.05. The van der Waals surface area contributed by atoms with Crippen molar-refractivity contribution in [3.63, 3.8) is 0 Å². The van der Waals surface area contributed by atoms with Crippen LogP contribution in [0, 0.1) is 24.7 Å². The van der Waals surface area contributed by atoms with Crippen LogP contribution in [-0.4, -0.2) is 4.90 Å². The van der Waals surface area contributed by atoms with Gasteiger partial charge < -0.3 is 12.8 Å². The van der Waals surface area contributed by atoms with Crippen molar-refractivity contribution in [1.29, 1.82) is 0 Å². The van der Waals surface area contributed by atoms with Gasteiger partial charge in [0, 0.05) is 13.8 Å². The number of rotatable bonds is 6. The molecule has 0 saturated heterocycles. The van der Waals surface area contributed by atoms with E-state index >= 15 is 0 Å². The van der Waals surface area contributed by atoms with Gasteiger partial charge in [0.25, 0.3) is 0 Å². The molecule has 0 amide bonds. The van der Waals surface area contributed by atoms with Gasteiger partial charge in [0.1, 0.15) is 37.1 Å². The summed E-state index contributed by atoms with van der Waals surface area (Å²) in [5.74, 6) is 4.83. The minimum absolute atomic E-state index is 0. The molecule has 0 aliphatic heterocycles. The Bertz CT molecular complexity index is 2840. The van der Waals surface area contributed by atoms with E-state index in [9.17, 15) is 0 Å². The maximum Gasteiger partial charge on any atom is 1.00 e. The van der Waals surface area contributed by atoms with Gasteiger partial charge in [-0.05, 0) is 116 Å². The van der Waals surface area contributed by atoms with E-state index in [1.54, 1.807) is 0 Å². The van der Waals surface area contributed by atoms with E-state index in [0.717, 1.165) is 21.9 Å². The molecule has 4 heteroatoms. The third-order valence-electron chi connectivity index (χ3n) is 11.2. The van der Waals surface area contributed by atoms with Crippen LogP contribution in [0.15, 0.2) is 231 Å². The van der Waals surface area contributed by atoms with Crippen molar-refractivity contribution in [3.05, 3.63) is 254 Å². The maximum atomic E-state index is 7.13. The van der Waals surface area contributed by atoms with E-state index in [2.05, 4.69) is 196 Å². The summed E-state index contributed by atoms with van der Waals surface area (Å²) in [5.41, 5.74) is 1.64. The topological polar surface area (TPSA) is 0 Å². The fourth-order valence-corrected chi connectivity index (χ4v) is 16.7. The molecule has 0 bridgehead atoms. The summed E-state index contributed by atoms with van der Waals surface area (Å²) < 4.78 is 0. The Kier molecular flexibility index (Phi) is 16.7. The Balaban J connectivity index is 0.000000166. The third-order valence-corrected chi connectivity index (χ3v) is 18.8. The van der Waals surface area contributed by atoms with Gasteiger partial charge >= 0.3 is 44.8 Å². The van der Waals surface area contributed by atoms with Crippen molar-refractivity contribution in [1.82, 2.24) is 0 Å². The van der Waals surface area contributed by atoms with Crippen molar-refractivity contribution >= 4 is 80.2 Å². The van der Waals surface area contributed by atoms with Crippen LogP contribution in [-0.2, 0) is 44.8 Å². The van der Waals surface area contributed by atoms with E-state index in [1.807, 2.05) is 60.7 Å². The van der Waals surface area contributed by atoms with E-state index in [-0.39, 0.29) is 49.7 Å². The second kappa shape index (κ2) is 22.4. The van der Waals surface area contributed by atoms with Crippen molar-refractivity contribution < 1.29 is 44.8 Å². The van der Waals surface area contributed by atoms with Gasteiger partial charge in [-0.15, -0.1) is 35.4 Å². The van der Waals surface area contributed by atoms with Crippen molar-refractivity contribution in [2.24, 2.45) is 0 Å². The van der Waals surface area contributed by atoms with Crippen LogP contribution in [0.25, 0.3) is 43.1 Å². The normalized spacial score (nSPS) is 10.7. The van der Waals surface area contributed by atoms with Gasteiger partial charge in [-0.2, -0.15) is 0 Å². The Morgan fingerprint density at radius 2 is 0.540 bits per heavy atom. The molecule has 0 heterocycles. The second-order valence-corrected chi connectivity index (χ2v) is 22.4. The third kappa shape index (κ3) is 11.3. The molecular weight excluding hydrogens is 1160 g/mol. The van der Waals surface area contributed by atoms with E-state index in [4.69, 9.17) is 12.8 Å². The molecule has 0 saturated carbocycles. The van der Waals surface area contributed by atoms with Crippen LogP contribution < -0.4 is 21.2 Å². The average molecular weight is 1210 g/mol. The van der Waals surface area contributed by atoms with Gasteiger partial charge in [0.05, 0.1) is 0 Å². The number of hydrogen-bond donors (Lipinski definition) is 0. The Labute approximate surface area is 406 Å². The van der Waals surface area contributed by atoms with Crippen LogP contribution in [0.5, 0.6) is 0 Å². The summed E-state index contributed by atoms with van der Waals surface area (Å²) in [5, 5.41) is 15.7. The van der Waals surface area contributed by atoms with E-state index in [0.29, 0.717) is 0 Å². The van der Waals surface area contributed by atoms with Crippen LogP contribution >= 0.6 is 15.8 Å². The SMILES string of the molecule is CC(C)([PH+](c1ccccc1)c1ccccc1)[PH+](c1ccccc1)c1ccccc1.[Au+].[Au+].[C-]#Cc1ccc2cc3ccccc3cc2c1.[C-]#Cc1ccc2cc3ccccc3cc2c1. The molecule has 0 aromatic heterocycles. The van der Waals surface area contributed by atoms with Crippen molar-refractivity contribution in [3.8, 4) is 11.8 Å². The first kappa shape index (κ1) is 47.2. The van der Waals surface area contributed by atoms with Gasteiger partial charge in [0.15, 0.2) is 4.90 Å².